The first kappa shape index (κ1) is 27.0. The van der Waals surface area contributed by atoms with Gasteiger partial charge in [-0.05, 0) is 68.5 Å². The summed E-state index contributed by atoms with van der Waals surface area (Å²) in [5.74, 6) is -0.0470. The molecule has 0 aliphatic carbocycles. The molecule has 0 amide bonds. The highest BCUT2D eigenvalue weighted by atomic mass is 32.2. The lowest BCUT2D eigenvalue weighted by Gasteiger charge is -2.22. The van der Waals surface area contributed by atoms with Crippen molar-refractivity contribution < 1.29 is 13.5 Å². The van der Waals surface area contributed by atoms with Gasteiger partial charge in [0.15, 0.2) is 5.75 Å². The summed E-state index contributed by atoms with van der Waals surface area (Å²) >= 11 is 1.24. The molecule has 3 heterocycles. The van der Waals surface area contributed by atoms with Crippen molar-refractivity contribution in [3.63, 3.8) is 0 Å². The Bertz CT molecular complexity index is 1420. The number of hydrogen-bond acceptors (Lipinski definition) is 9. The van der Waals surface area contributed by atoms with E-state index in [1.165, 1.54) is 32.1 Å². The van der Waals surface area contributed by atoms with Gasteiger partial charge in [0.05, 0.1) is 26.9 Å². The Hall–Kier alpha value is -3.09. The van der Waals surface area contributed by atoms with Crippen LogP contribution in [0.15, 0.2) is 76.8 Å². The topological polar surface area (TPSA) is 103 Å². The Kier molecular flexibility index (Phi) is 8.40. The van der Waals surface area contributed by atoms with Gasteiger partial charge >= 0.3 is 0 Å². The monoisotopic (exact) mass is 538 g/mol. The van der Waals surface area contributed by atoms with Crippen molar-refractivity contribution in [3.05, 3.63) is 84.1 Å². The van der Waals surface area contributed by atoms with Gasteiger partial charge in [-0.25, -0.2) is 17.7 Å². The highest BCUT2D eigenvalue weighted by Gasteiger charge is 2.25. The normalized spacial score (nSPS) is 12.2. The molecule has 0 bridgehead atoms. The van der Waals surface area contributed by atoms with E-state index in [4.69, 9.17) is 4.98 Å². The molecule has 11 heteroatoms. The molecular formula is C26H30N6O3S2. The Labute approximate surface area is 222 Å². The number of phenols is 1. The molecular weight excluding hydrogens is 508 g/mol. The molecule has 1 N–H and O–H groups in total. The van der Waals surface area contributed by atoms with Crippen molar-refractivity contribution in [2.24, 2.45) is 0 Å². The number of rotatable bonds is 10. The molecule has 37 heavy (non-hydrogen) atoms. The van der Waals surface area contributed by atoms with E-state index in [-0.39, 0.29) is 16.2 Å². The van der Waals surface area contributed by atoms with Crippen molar-refractivity contribution in [1.29, 1.82) is 0 Å². The zero-order valence-electron chi connectivity index (χ0n) is 21.2. The van der Waals surface area contributed by atoms with Crippen molar-refractivity contribution in [1.82, 2.24) is 28.5 Å². The zero-order chi connectivity index (χ0) is 26.6. The van der Waals surface area contributed by atoms with Crippen LogP contribution in [-0.2, 0) is 29.7 Å². The summed E-state index contributed by atoms with van der Waals surface area (Å²) in [4.78, 5) is 16.4. The molecule has 0 spiro atoms. The standard InChI is InChI=1S/C26H30N6O3S2/c1-30(2)36-23-15-24(37(34,35)31(3)4)22-12-11-21(29-25(22)26(23)33)18-32(16-19-9-5-7-13-27-19)17-20-10-6-8-14-28-20/h5-15,33H,16-18H2,1-4H3. The number of pyridine rings is 3. The lowest BCUT2D eigenvalue weighted by Crippen LogP contribution is -2.24. The summed E-state index contributed by atoms with van der Waals surface area (Å²) < 4.78 is 29.2. The molecule has 0 atom stereocenters. The van der Waals surface area contributed by atoms with Crippen LogP contribution >= 0.6 is 11.9 Å². The smallest absolute Gasteiger partial charge is 0.243 e. The fourth-order valence-electron chi connectivity index (χ4n) is 3.86. The SMILES string of the molecule is CN(C)Sc1cc(S(=O)(=O)N(C)C)c2ccc(CN(Cc3ccccn3)Cc3ccccn3)nc2c1O. The van der Waals surface area contributed by atoms with Gasteiger partial charge in [-0.2, -0.15) is 0 Å². The maximum Gasteiger partial charge on any atom is 0.243 e. The van der Waals surface area contributed by atoms with Crippen LogP contribution in [0.4, 0.5) is 0 Å². The molecule has 0 unspecified atom stereocenters. The molecule has 0 radical (unpaired) electrons. The summed E-state index contributed by atoms with van der Waals surface area (Å²) in [6, 6.07) is 16.6. The Morgan fingerprint density at radius 2 is 1.43 bits per heavy atom. The number of nitrogens with zero attached hydrogens (tertiary/aromatic N) is 6. The molecule has 0 aliphatic heterocycles. The molecule has 4 aromatic rings. The van der Waals surface area contributed by atoms with Crippen LogP contribution in [0.25, 0.3) is 10.9 Å². The van der Waals surface area contributed by atoms with Gasteiger partial charge < -0.3 is 5.11 Å². The van der Waals surface area contributed by atoms with E-state index in [0.29, 0.717) is 35.6 Å². The molecule has 0 fully saturated rings. The van der Waals surface area contributed by atoms with Crippen LogP contribution in [-0.4, -0.2) is 70.2 Å². The maximum atomic E-state index is 13.1. The second-order valence-corrected chi connectivity index (χ2v) is 12.4. The van der Waals surface area contributed by atoms with E-state index >= 15 is 0 Å². The summed E-state index contributed by atoms with van der Waals surface area (Å²) in [6.45, 7) is 1.59. The van der Waals surface area contributed by atoms with E-state index in [9.17, 15) is 13.5 Å². The molecule has 4 rings (SSSR count). The average molecular weight is 539 g/mol. The predicted octanol–water partition coefficient (Wildman–Crippen LogP) is 3.75. The van der Waals surface area contributed by atoms with Gasteiger partial charge in [-0.1, -0.05) is 12.1 Å². The Morgan fingerprint density at radius 3 is 1.95 bits per heavy atom. The number of aromatic nitrogens is 3. The fraction of sp³-hybridized carbons (Fsp3) is 0.269. The third-order valence-corrected chi connectivity index (χ3v) is 8.31. The van der Waals surface area contributed by atoms with Crippen LogP contribution in [0.3, 0.4) is 0 Å². The maximum absolute atomic E-state index is 13.1. The third kappa shape index (κ3) is 6.43. The molecule has 0 aliphatic rings. The van der Waals surface area contributed by atoms with E-state index in [0.717, 1.165) is 15.7 Å². The first-order chi connectivity index (χ1) is 17.6. The minimum absolute atomic E-state index is 0.0470. The van der Waals surface area contributed by atoms with E-state index < -0.39 is 10.0 Å². The number of fused-ring (bicyclic) bond motifs is 1. The second-order valence-electron chi connectivity index (χ2n) is 8.90. The van der Waals surface area contributed by atoms with Crippen LogP contribution < -0.4 is 0 Å². The van der Waals surface area contributed by atoms with Gasteiger partial charge in [0.2, 0.25) is 10.0 Å². The van der Waals surface area contributed by atoms with Crippen LogP contribution in [0.1, 0.15) is 17.1 Å². The first-order valence-electron chi connectivity index (χ1n) is 11.6. The fourth-order valence-corrected chi connectivity index (χ4v) is 5.79. The summed E-state index contributed by atoms with van der Waals surface area (Å²) in [5.41, 5.74) is 2.76. The highest BCUT2D eigenvalue weighted by Crippen LogP contribution is 2.39. The number of hydrogen-bond donors (Lipinski definition) is 1. The molecule has 3 aromatic heterocycles. The molecule has 9 nitrogen and oxygen atoms in total. The molecule has 0 saturated heterocycles. The molecule has 1 aromatic carbocycles. The van der Waals surface area contributed by atoms with Crippen LogP contribution in [0.2, 0.25) is 0 Å². The van der Waals surface area contributed by atoms with Crippen molar-refractivity contribution >= 4 is 32.9 Å². The quantitative estimate of drug-likeness (QED) is 0.302. The number of aromatic hydroxyl groups is 1. The van der Waals surface area contributed by atoms with E-state index in [1.807, 2.05) is 50.5 Å². The van der Waals surface area contributed by atoms with Crippen molar-refractivity contribution in [2.45, 2.75) is 29.4 Å². The summed E-state index contributed by atoms with van der Waals surface area (Å²) in [5, 5.41) is 11.5. The zero-order valence-corrected chi connectivity index (χ0v) is 22.9. The average Bonchev–Trinajstić information content (AvgIpc) is 2.86. The largest absolute Gasteiger partial charge is 0.505 e. The lowest BCUT2D eigenvalue weighted by molar-refractivity contribution is 0.239. The minimum Gasteiger partial charge on any atom is -0.505 e. The van der Waals surface area contributed by atoms with E-state index in [1.54, 1.807) is 28.8 Å². The number of benzene rings is 1. The van der Waals surface area contributed by atoms with Crippen LogP contribution in [0.5, 0.6) is 5.75 Å². The van der Waals surface area contributed by atoms with Gasteiger partial charge in [-0.15, -0.1) is 0 Å². The molecule has 194 valence electrons. The van der Waals surface area contributed by atoms with Gasteiger partial charge in [0, 0.05) is 51.5 Å². The summed E-state index contributed by atoms with van der Waals surface area (Å²) in [7, 11) is 2.85. The molecule has 0 saturated carbocycles. The number of phenolic OH excluding ortho intramolecular Hbond substituents is 1. The van der Waals surface area contributed by atoms with Gasteiger partial charge in [0.1, 0.15) is 5.52 Å². The minimum atomic E-state index is -3.77. The highest BCUT2D eigenvalue weighted by molar-refractivity contribution is 7.97. The second kappa shape index (κ2) is 11.5. The lowest BCUT2D eigenvalue weighted by atomic mass is 10.1. The van der Waals surface area contributed by atoms with Crippen LogP contribution in [0, 0.1) is 0 Å². The van der Waals surface area contributed by atoms with E-state index in [2.05, 4.69) is 14.9 Å². The first-order valence-corrected chi connectivity index (χ1v) is 13.8. The van der Waals surface area contributed by atoms with Gasteiger partial charge in [0.25, 0.3) is 0 Å². The van der Waals surface area contributed by atoms with Gasteiger partial charge in [-0.3, -0.25) is 19.2 Å². The predicted molar refractivity (Wildman–Crippen MR) is 145 cm³/mol. The van der Waals surface area contributed by atoms with Crippen molar-refractivity contribution in [2.75, 3.05) is 28.2 Å². The third-order valence-electron chi connectivity index (χ3n) is 5.59. The summed E-state index contributed by atoms with van der Waals surface area (Å²) in [6.07, 6.45) is 3.52. The number of sulfonamides is 1. The van der Waals surface area contributed by atoms with Crippen molar-refractivity contribution in [3.8, 4) is 5.75 Å². The Morgan fingerprint density at radius 1 is 0.838 bits per heavy atom. The Balaban J connectivity index is 1.77.